The molecule has 2 nitrogen and oxygen atoms in total. The van der Waals surface area contributed by atoms with E-state index < -0.39 is 0 Å². The zero-order valence-corrected chi connectivity index (χ0v) is 10.4. The second kappa shape index (κ2) is 4.15. The van der Waals surface area contributed by atoms with E-state index in [1.807, 2.05) is 11.3 Å². The van der Waals surface area contributed by atoms with Gasteiger partial charge < -0.3 is 4.90 Å². The summed E-state index contributed by atoms with van der Waals surface area (Å²) >= 11 is 1.88. The molecule has 3 rings (SSSR count). The van der Waals surface area contributed by atoms with E-state index in [4.69, 9.17) is 4.98 Å². The van der Waals surface area contributed by atoms with Crippen molar-refractivity contribution in [2.45, 2.75) is 25.3 Å². The molecule has 1 N–H and O–H groups in total. The first-order valence-corrected chi connectivity index (χ1v) is 6.84. The van der Waals surface area contributed by atoms with Crippen molar-refractivity contribution in [2.75, 3.05) is 13.6 Å². The normalized spacial score (nSPS) is 26.1. The van der Waals surface area contributed by atoms with Crippen LogP contribution in [0.25, 0.3) is 10.2 Å². The van der Waals surface area contributed by atoms with E-state index in [-0.39, 0.29) is 0 Å². The fraction of sp³-hybridized carbons (Fsp3) is 0.462. The van der Waals surface area contributed by atoms with E-state index in [2.05, 4.69) is 31.3 Å². The van der Waals surface area contributed by atoms with Crippen LogP contribution in [-0.2, 0) is 0 Å². The van der Waals surface area contributed by atoms with Crippen molar-refractivity contribution in [3.05, 3.63) is 29.3 Å². The van der Waals surface area contributed by atoms with Gasteiger partial charge in [-0.25, -0.2) is 4.98 Å². The summed E-state index contributed by atoms with van der Waals surface area (Å²) in [7, 11) is 2.30. The van der Waals surface area contributed by atoms with Gasteiger partial charge in [0.2, 0.25) is 0 Å². The van der Waals surface area contributed by atoms with Crippen LogP contribution in [0.1, 0.15) is 30.3 Å². The van der Waals surface area contributed by atoms with Gasteiger partial charge in [0.05, 0.1) is 23.8 Å². The largest absolute Gasteiger partial charge is 0.329 e. The number of rotatable bonds is 1. The number of fused-ring (bicyclic) bond motifs is 1. The van der Waals surface area contributed by atoms with Crippen LogP contribution in [0.4, 0.5) is 0 Å². The van der Waals surface area contributed by atoms with E-state index >= 15 is 0 Å². The van der Waals surface area contributed by atoms with Gasteiger partial charge in [0, 0.05) is 6.42 Å². The van der Waals surface area contributed by atoms with Gasteiger partial charge in [-0.05, 0) is 25.0 Å². The molecule has 0 spiro atoms. The Morgan fingerprint density at radius 2 is 2.19 bits per heavy atom. The Kier molecular flexibility index (Phi) is 2.65. The van der Waals surface area contributed by atoms with E-state index in [0.29, 0.717) is 6.04 Å². The standard InChI is InChI=1S/C13H16N2S/c1-15-9-5-4-7-11(15)13-14-10-6-2-3-8-12(10)16-13/h2-3,6,8,11H,4-5,7,9H2,1H3/p+1/t11-/m1/s1. The molecule has 1 unspecified atom stereocenters. The molecular weight excluding hydrogens is 216 g/mol. The third-order valence-corrected chi connectivity index (χ3v) is 4.67. The zero-order valence-electron chi connectivity index (χ0n) is 9.57. The van der Waals surface area contributed by atoms with Gasteiger partial charge in [0.1, 0.15) is 6.04 Å². The van der Waals surface area contributed by atoms with Crippen LogP contribution in [0.15, 0.2) is 24.3 Å². The highest BCUT2D eigenvalue weighted by atomic mass is 32.1. The second-order valence-electron chi connectivity index (χ2n) is 4.66. The second-order valence-corrected chi connectivity index (χ2v) is 5.73. The lowest BCUT2D eigenvalue weighted by atomic mass is 10.0. The van der Waals surface area contributed by atoms with Crippen molar-refractivity contribution in [2.24, 2.45) is 0 Å². The summed E-state index contributed by atoms with van der Waals surface area (Å²) in [5, 5.41) is 1.33. The monoisotopic (exact) mass is 233 g/mol. The molecule has 1 fully saturated rings. The first kappa shape index (κ1) is 10.2. The minimum absolute atomic E-state index is 0.631. The van der Waals surface area contributed by atoms with Crippen molar-refractivity contribution < 1.29 is 4.90 Å². The quantitative estimate of drug-likeness (QED) is 0.798. The minimum atomic E-state index is 0.631. The molecule has 16 heavy (non-hydrogen) atoms. The van der Waals surface area contributed by atoms with Gasteiger partial charge in [-0.3, -0.25) is 0 Å². The van der Waals surface area contributed by atoms with Crippen LogP contribution in [0.5, 0.6) is 0 Å². The van der Waals surface area contributed by atoms with Crippen LogP contribution in [0, 0.1) is 0 Å². The Bertz CT molecular complexity index is 458. The van der Waals surface area contributed by atoms with Gasteiger partial charge in [-0.15, -0.1) is 11.3 Å². The molecular formula is C13H17N2S+. The highest BCUT2D eigenvalue weighted by molar-refractivity contribution is 7.18. The Morgan fingerprint density at radius 1 is 1.31 bits per heavy atom. The maximum absolute atomic E-state index is 4.78. The number of quaternary nitrogens is 1. The van der Waals surface area contributed by atoms with Crippen LogP contribution in [0.3, 0.4) is 0 Å². The Balaban J connectivity index is 1.98. The van der Waals surface area contributed by atoms with Crippen molar-refractivity contribution in [3.8, 4) is 0 Å². The van der Waals surface area contributed by atoms with Gasteiger partial charge in [-0.1, -0.05) is 12.1 Å². The lowest BCUT2D eigenvalue weighted by Crippen LogP contribution is -3.10. The summed E-state index contributed by atoms with van der Waals surface area (Å²) in [6.45, 7) is 1.29. The number of likely N-dealkylation sites (tertiary alicyclic amines) is 1. The number of aromatic nitrogens is 1. The molecule has 0 bridgehead atoms. The van der Waals surface area contributed by atoms with Crippen molar-refractivity contribution in [1.29, 1.82) is 0 Å². The minimum Gasteiger partial charge on any atom is -0.329 e. The summed E-state index contributed by atoms with van der Waals surface area (Å²) in [6, 6.07) is 9.10. The summed E-state index contributed by atoms with van der Waals surface area (Å²) in [6.07, 6.45) is 4.02. The van der Waals surface area contributed by atoms with Crippen molar-refractivity contribution >= 4 is 21.6 Å². The Morgan fingerprint density at radius 3 is 3.00 bits per heavy atom. The lowest BCUT2D eigenvalue weighted by molar-refractivity contribution is -0.917. The molecule has 0 amide bonds. The molecule has 0 saturated carbocycles. The molecule has 3 heteroatoms. The molecule has 1 aliphatic rings. The number of nitrogens with zero attached hydrogens (tertiary/aromatic N) is 1. The molecule has 1 aromatic heterocycles. The first-order valence-electron chi connectivity index (χ1n) is 6.02. The maximum atomic E-state index is 4.78. The summed E-state index contributed by atoms with van der Waals surface area (Å²) in [5.74, 6) is 0. The number of para-hydroxylation sites is 1. The fourth-order valence-electron chi connectivity index (χ4n) is 2.55. The van der Waals surface area contributed by atoms with Crippen LogP contribution in [-0.4, -0.2) is 18.6 Å². The van der Waals surface area contributed by atoms with Gasteiger partial charge in [-0.2, -0.15) is 0 Å². The van der Waals surface area contributed by atoms with Crippen LogP contribution in [0.2, 0.25) is 0 Å². The third kappa shape index (κ3) is 1.74. The molecule has 0 radical (unpaired) electrons. The third-order valence-electron chi connectivity index (χ3n) is 3.52. The molecule has 84 valence electrons. The summed E-state index contributed by atoms with van der Waals surface area (Å²) < 4.78 is 1.33. The molecule has 1 aromatic carbocycles. The molecule has 2 heterocycles. The Labute approximate surface area is 99.9 Å². The molecule has 1 saturated heterocycles. The topological polar surface area (TPSA) is 17.3 Å². The number of benzene rings is 1. The predicted octanol–water partition coefficient (Wildman–Crippen LogP) is 2.04. The van der Waals surface area contributed by atoms with E-state index in [1.165, 1.54) is 41.0 Å². The smallest absolute Gasteiger partial charge is 0.151 e. The van der Waals surface area contributed by atoms with Crippen molar-refractivity contribution in [1.82, 2.24) is 4.98 Å². The number of piperidine rings is 1. The molecule has 1 aliphatic heterocycles. The first-order chi connectivity index (χ1) is 7.84. The number of hydrogen-bond acceptors (Lipinski definition) is 2. The van der Waals surface area contributed by atoms with Gasteiger partial charge in [0.15, 0.2) is 5.01 Å². The average Bonchev–Trinajstić information content (AvgIpc) is 2.73. The van der Waals surface area contributed by atoms with E-state index in [0.717, 1.165) is 0 Å². The fourth-order valence-corrected chi connectivity index (χ4v) is 3.74. The zero-order chi connectivity index (χ0) is 11.0. The molecule has 2 aromatic rings. The van der Waals surface area contributed by atoms with Gasteiger partial charge in [0.25, 0.3) is 0 Å². The maximum Gasteiger partial charge on any atom is 0.151 e. The Hall–Kier alpha value is -0.930. The number of thiazole rings is 1. The predicted molar refractivity (Wildman–Crippen MR) is 68.0 cm³/mol. The SMILES string of the molecule is C[NH+]1CCCC[C@@H]1c1nc2ccccc2s1. The summed E-state index contributed by atoms with van der Waals surface area (Å²) in [5.41, 5.74) is 1.17. The molecule has 0 aliphatic carbocycles. The van der Waals surface area contributed by atoms with Crippen molar-refractivity contribution in [3.63, 3.8) is 0 Å². The lowest BCUT2D eigenvalue weighted by Gasteiger charge is -2.27. The number of nitrogens with one attached hydrogen (secondary N) is 1. The number of hydrogen-bond donors (Lipinski definition) is 1. The highest BCUT2D eigenvalue weighted by Gasteiger charge is 2.27. The summed E-state index contributed by atoms with van der Waals surface area (Å²) in [4.78, 5) is 6.41. The van der Waals surface area contributed by atoms with Crippen LogP contribution >= 0.6 is 11.3 Å². The van der Waals surface area contributed by atoms with Crippen LogP contribution < -0.4 is 4.90 Å². The molecule has 2 atom stereocenters. The van der Waals surface area contributed by atoms with E-state index in [9.17, 15) is 0 Å². The average molecular weight is 233 g/mol. The van der Waals surface area contributed by atoms with Gasteiger partial charge >= 0.3 is 0 Å². The van der Waals surface area contributed by atoms with E-state index in [1.54, 1.807) is 4.90 Å². The highest BCUT2D eigenvalue weighted by Crippen LogP contribution is 2.28.